The van der Waals surface area contributed by atoms with Crippen molar-refractivity contribution in [3.8, 4) is 0 Å². The van der Waals surface area contributed by atoms with Gasteiger partial charge in [-0.1, -0.05) is 31.5 Å². The van der Waals surface area contributed by atoms with E-state index in [1.54, 1.807) is 11.3 Å². The van der Waals surface area contributed by atoms with Crippen molar-refractivity contribution in [3.05, 3.63) is 45.8 Å². The molecule has 0 aliphatic heterocycles. The van der Waals surface area contributed by atoms with Crippen molar-refractivity contribution in [3.63, 3.8) is 0 Å². The number of nitrogens with zero attached hydrogens (tertiary/aromatic N) is 3. The Morgan fingerprint density at radius 3 is 2.75 bits per heavy atom. The molecule has 0 fully saturated rings. The van der Waals surface area contributed by atoms with E-state index in [0.29, 0.717) is 18.3 Å². The molecule has 0 saturated heterocycles. The Hall–Kier alpha value is -1.17. The highest BCUT2D eigenvalue weighted by molar-refractivity contribution is 7.16. The Morgan fingerprint density at radius 1 is 1.40 bits per heavy atom. The summed E-state index contributed by atoms with van der Waals surface area (Å²) in [5.41, 5.74) is 0. The molecule has 0 radical (unpaired) electrons. The molecule has 2 rings (SSSR count). The average molecular weight is 312 g/mol. The van der Waals surface area contributed by atoms with Gasteiger partial charge in [-0.3, -0.25) is 4.90 Å². The van der Waals surface area contributed by atoms with Crippen LogP contribution in [0.5, 0.6) is 0 Å². The topological polar surface area (TPSA) is 42.2 Å². The molecule has 0 atom stereocenters. The van der Waals surface area contributed by atoms with Gasteiger partial charge in [0.1, 0.15) is 0 Å². The minimum absolute atomic E-state index is 0.250. The van der Waals surface area contributed by atoms with E-state index in [0.717, 1.165) is 17.4 Å². The van der Waals surface area contributed by atoms with Gasteiger partial charge in [0, 0.05) is 23.9 Å². The van der Waals surface area contributed by atoms with Gasteiger partial charge in [0.25, 0.3) is 0 Å². The smallest absolute Gasteiger partial charge is 0.230 e. The first-order valence-electron chi connectivity index (χ1n) is 6.48. The molecule has 0 amide bonds. The molecule has 0 aliphatic rings. The minimum atomic E-state index is 0.250. The zero-order chi connectivity index (χ0) is 14.5. The molecule has 0 aliphatic carbocycles. The maximum absolute atomic E-state index is 5.96. The SMILES string of the molecule is C=CCN(Cc1nnc(C(C)C)o1)Cc1ccc(Cl)s1. The second-order valence-electron chi connectivity index (χ2n) is 4.85. The molecule has 0 unspecified atom stereocenters. The average Bonchev–Trinajstić information content (AvgIpc) is 2.99. The second-order valence-corrected chi connectivity index (χ2v) is 6.65. The Kier molecular flexibility index (Phi) is 5.34. The van der Waals surface area contributed by atoms with Gasteiger partial charge in [-0.25, -0.2) is 0 Å². The minimum Gasteiger partial charge on any atom is -0.424 e. The summed E-state index contributed by atoms with van der Waals surface area (Å²) in [6.07, 6.45) is 1.87. The predicted octanol–water partition coefficient (Wildman–Crippen LogP) is 4.10. The summed E-state index contributed by atoms with van der Waals surface area (Å²) >= 11 is 7.54. The van der Waals surface area contributed by atoms with Crippen LogP contribution in [0.15, 0.2) is 29.2 Å². The molecule has 0 bridgehead atoms. The molecule has 20 heavy (non-hydrogen) atoms. The monoisotopic (exact) mass is 311 g/mol. The van der Waals surface area contributed by atoms with Crippen molar-refractivity contribution in [1.29, 1.82) is 0 Å². The fourth-order valence-electron chi connectivity index (χ4n) is 1.78. The Bertz CT molecular complexity index is 564. The lowest BCUT2D eigenvalue weighted by molar-refractivity contribution is 0.252. The van der Waals surface area contributed by atoms with E-state index in [4.69, 9.17) is 16.0 Å². The maximum Gasteiger partial charge on any atom is 0.230 e. The highest BCUT2D eigenvalue weighted by Crippen LogP contribution is 2.23. The molecule has 2 heterocycles. The Balaban J connectivity index is 2.02. The van der Waals surface area contributed by atoms with Crippen molar-refractivity contribution < 1.29 is 4.42 Å². The summed E-state index contributed by atoms with van der Waals surface area (Å²) in [7, 11) is 0. The van der Waals surface area contributed by atoms with E-state index in [9.17, 15) is 0 Å². The number of hydrogen-bond donors (Lipinski definition) is 0. The summed E-state index contributed by atoms with van der Waals surface area (Å²) in [6, 6.07) is 3.95. The summed E-state index contributed by atoms with van der Waals surface area (Å²) in [5, 5.41) is 8.14. The van der Waals surface area contributed by atoms with Crippen molar-refractivity contribution in [2.45, 2.75) is 32.9 Å². The van der Waals surface area contributed by atoms with Gasteiger partial charge in [0.05, 0.1) is 10.9 Å². The lowest BCUT2D eigenvalue weighted by Gasteiger charge is -2.17. The summed E-state index contributed by atoms with van der Waals surface area (Å²) < 4.78 is 6.45. The molecule has 0 aromatic carbocycles. The van der Waals surface area contributed by atoms with Crippen LogP contribution in [0.3, 0.4) is 0 Å². The second kappa shape index (κ2) is 7.02. The van der Waals surface area contributed by atoms with E-state index in [-0.39, 0.29) is 5.92 Å². The lowest BCUT2D eigenvalue weighted by Crippen LogP contribution is -2.22. The van der Waals surface area contributed by atoms with Gasteiger partial charge in [-0.2, -0.15) is 0 Å². The quantitative estimate of drug-likeness (QED) is 0.722. The number of hydrogen-bond acceptors (Lipinski definition) is 5. The number of thiophene rings is 1. The van der Waals surface area contributed by atoms with Crippen LogP contribution in [-0.4, -0.2) is 21.6 Å². The molecule has 0 saturated carbocycles. The molecule has 2 aromatic heterocycles. The number of rotatable bonds is 7. The van der Waals surface area contributed by atoms with Gasteiger partial charge >= 0.3 is 0 Å². The molecule has 108 valence electrons. The van der Waals surface area contributed by atoms with Gasteiger partial charge in [-0.05, 0) is 12.1 Å². The van der Waals surface area contributed by atoms with Crippen molar-refractivity contribution in [2.24, 2.45) is 0 Å². The standard InChI is InChI=1S/C14H18ClN3OS/c1-4-7-18(8-11-5-6-12(15)20-11)9-13-16-17-14(19-13)10(2)3/h4-6,10H,1,7-9H2,2-3H3. The van der Waals surface area contributed by atoms with Crippen LogP contribution in [0.1, 0.15) is 36.4 Å². The third kappa shape index (κ3) is 4.16. The molecule has 6 heteroatoms. The van der Waals surface area contributed by atoms with Gasteiger partial charge in [0.15, 0.2) is 0 Å². The van der Waals surface area contributed by atoms with Gasteiger partial charge in [-0.15, -0.1) is 28.1 Å². The summed E-state index contributed by atoms with van der Waals surface area (Å²) in [6.45, 7) is 10.0. The third-order valence-electron chi connectivity index (χ3n) is 2.73. The maximum atomic E-state index is 5.96. The first-order valence-corrected chi connectivity index (χ1v) is 7.67. The normalized spacial score (nSPS) is 11.4. The fourth-order valence-corrected chi connectivity index (χ4v) is 2.91. The van der Waals surface area contributed by atoms with Crippen molar-refractivity contribution in [1.82, 2.24) is 15.1 Å². The van der Waals surface area contributed by atoms with Gasteiger partial charge < -0.3 is 4.42 Å². The lowest BCUT2D eigenvalue weighted by atomic mass is 10.2. The van der Waals surface area contributed by atoms with Crippen LogP contribution in [0.25, 0.3) is 0 Å². The fraction of sp³-hybridized carbons (Fsp3) is 0.429. The largest absolute Gasteiger partial charge is 0.424 e. The molecule has 0 spiro atoms. The van der Waals surface area contributed by atoms with Crippen LogP contribution < -0.4 is 0 Å². The molecule has 0 N–H and O–H groups in total. The first kappa shape index (κ1) is 15.2. The van der Waals surface area contributed by atoms with E-state index in [1.807, 2.05) is 32.1 Å². The molecule has 2 aromatic rings. The van der Waals surface area contributed by atoms with E-state index in [2.05, 4.69) is 21.7 Å². The van der Waals surface area contributed by atoms with Crippen molar-refractivity contribution in [2.75, 3.05) is 6.54 Å². The highest BCUT2D eigenvalue weighted by Gasteiger charge is 2.14. The van der Waals surface area contributed by atoms with Crippen LogP contribution in [0.4, 0.5) is 0 Å². The zero-order valence-corrected chi connectivity index (χ0v) is 13.2. The zero-order valence-electron chi connectivity index (χ0n) is 11.7. The van der Waals surface area contributed by atoms with Gasteiger partial charge in [0.2, 0.25) is 11.8 Å². The molecular formula is C14H18ClN3OS. The van der Waals surface area contributed by atoms with Crippen molar-refractivity contribution >= 4 is 22.9 Å². The number of aromatic nitrogens is 2. The third-order valence-corrected chi connectivity index (χ3v) is 3.95. The van der Waals surface area contributed by atoms with E-state index >= 15 is 0 Å². The first-order chi connectivity index (χ1) is 9.58. The number of halogens is 1. The highest BCUT2D eigenvalue weighted by atomic mass is 35.5. The predicted molar refractivity (Wildman–Crippen MR) is 82.0 cm³/mol. The van der Waals surface area contributed by atoms with Crippen LogP contribution in [-0.2, 0) is 13.1 Å². The molecule has 4 nitrogen and oxygen atoms in total. The van der Waals surface area contributed by atoms with E-state index < -0.39 is 0 Å². The summed E-state index contributed by atoms with van der Waals surface area (Å²) in [4.78, 5) is 3.40. The van der Waals surface area contributed by atoms with E-state index in [1.165, 1.54) is 4.88 Å². The Labute approximate surface area is 128 Å². The Morgan fingerprint density at radius 2 is 2.20 bits per heavy atom. The van der Waals surface area contributed by atoms with Crippen LogP contribution >= 0.6 is 22.9 Å². The van der Waals surface area contributed by atoms with Crippen LogP contribution in [0.2, 0.25) is 4.34 Å². The molecular weight excluding hydrogens is 294 g/mol. The van der Waals surface area contributed by atoms with Crippen LogP contribution in [0, 0.1) is 0 Å². The summed E-state index contributed by atoms with van der Waals surface area (Å²) in [5.74, 6) is 1.57.